The molecule has 1 aliphatic heterocycles. The fourth-order valence-electron chi connectivity index (χ4n) is 3.48. The van der Waals surface area contributed by atoms with Gasteiger partial charge in [-0.25, -0.2) is 4.98 Å². The highest BCUT2D eigenvalue weighted by atomic mass is 32.1. The van der Waals surface area contributed by atoms with Gasteiger partial charge in [0.05, 0.1) is 20.1 Å². The van der Waals surface area contributed by atoms with Crippen molar-refractivity contribution in [2.24, 2.45) is 0 Å². The van der Waals surface area contributed by atoms with Crippen molar-refractivity contribution < 1.29 is 14.6 Å². The van der Waals surface area contributed by atoms with Gasteiger partial charge >= 0.3 is 0 Å². The predicted molar refractivity (Wildman–Crippen MR) is 120 cm³/mol. The first-order valence-corrected chi connectivity index (χ1v) is 10.8. The second kappa shape index (κ2) is 9.24. The quantitative estimate of drug-likeness (QED) is 0.423. The van der Waals surface area contributed by atoms with Crippen LogP contribution in [0, 0.1) is 20.2 Å². The molecule has 0 atom stereocenters. The molecule has 1 N–H and O–H groups in total. The van der Waals surface area contributed by atoms with Crippen LogP contribution in [0.15, 0.2) is 42.5 Å². The zero-order chi connectivity index (χ0) is 22.7. The van der Waals surface area contributed by atoms with Gasteiger partial charge in [-0.2, -0.15) is 0 Å². The van der Waals surface area contributed by atoms with Crippen LogP contribution in [0.1, 0.15) is 10.4 Å². The lowest BCUT2D eigenvalue weighted by Gasteiger charge is -2.34. The number of thiazole rings is 1. The van der Waals surface area contributed by atoms with Crippen molar-refractivity contribution in [1.29, 1.82) is 0 Å². The molecule has 0 bridgehead atoms. The molecule has 32 heavy (non-hydrogen) atoms. The number of hydrogen-bond donors (Lipinski definition) is 1. The Labute approximate surface area is 186 Å². The van der Waals surface area contributed by atoms with Gasteiger partial charge < -0.3 is 10.2 Å². The summed E-state index contributed by atoms with van der Waals surface area (Å²) in [5, 5.41) is 25.3. The molecule has 0 spiro atoms. The maximum Gasteiger partial charge on any atom is 0.270 e. The third-order valence-corrected chi connectivity index (χ3v) is 6.35. The number of fused-ring (bicyclic) bond motifs is 1. The van der Waals surface area contributed by atoms with Gasteiger partial charge in [-0.15, -0.1) is 0 Å². The van der Waals surface area contributed by atoms with Gasteiger partial charge in [0.2, 0.25) is 0 Å². The maximum absolute atomic E-state index is 12.2. The summed E-state index contributed by atoms with van der Waals surface area (Å²) in [5.41, 5.74) is 1.16. The number of amides is 1. The average Bonchev–Trinajstić information content (AvgIpc) is 3.23. The lowest BCUT2D eigenvalue weighted by Crippen LogP contribution is -2.48. The highest BCUT2D eigenvalue weighted by molar-refractivity contribution is 7.22. The zero-order valence-electron chi connectivity index (χ0n) is 17.0. The van der Waals surface area contributed by atoms with Gasteiger partial charge in [0, 0.05) is 69.1 Å². The van der Waals surface area contributed by atoms with E-state index in [1.807, 2.05) is 0 Å². The third-order valence-electron chi connectivity index (χ3n) is 5.27. The van der Waals surface area contributed by atoms with E-state index in [0.29, 0.717) is 18.7 Å². The van der Waals surface area contributed by atoms with Crippen LogP contribution in [0.25, 0.3) is 10.2 Å². The lowest BCUT2D eigenvalue weighted by atomic mass is 10.2. The normalized spacial score (nSPS) is 14.4. The Morgan fingerprint density at radius 1 is 1.00 bits per heavy atom. The van der Waals surface area contributed by atoms with Crippen LogP contribution < -0.4 is 10.2 Å². The summed E-state index contributed by atoms with van der Waals surface area (Å²) >= 11 is 1.45. The summed E-state index contributed by atoms with van der Waals surface area (Å²) in [6, 6.07) is 10.2. The topological polar surface area (TPSA) is 135 Å². The second-order valence-electron chi connectivity index (χ2n) is 7.29. The molecule has 1 aliphatic rings. The molecule has 0 aliphatic carbocycles. The molecule has 1 amide bonds. The van der Waals surface area contributed by atoms with Gasteiger partial charge in [0.1, 0.15) is 0 Å². The number of carbonyl (C=O) groups is 1. The standard InChI is InChI=1S/C20H20N6O5S/c27-19(14-1-3-15(4-2-14)25(28)29)21-7-8-23-9-11-24(12-10-23)20-22-17-6-5-16(26(30)31)13-18(17)32-20/h1-6,13H,7-12H2,(H,21,27). The van der Waals surface area contributed by atoms with Crippen molar-refractivity contribution >= 4 is 44.0 Å². The smallest absolute Gasteiger partial charge is 0.270 e. The van der Waals surface area contributed by atoms with Crippen molar-refractivity contribution in [1.82, 2.24) is 15.2 Å². The third kappa shape index (κ3) is 4.81. The number of anilines is 1. The Morgan fingerprint density at radius 2 is 1.66 bits per heavy atom. The molecule has 0 radical (unpaired) electrons. The minimum absolute atomic E-state index is 0.0502. The predicted octanol–water partition coefficient (Wildman–Crippen LogP) is 2.66. The molecule has 3 aromatic rings. The van der Waals surface area contributed by atoms with Gasteiger partial charge in [-0.3, -0.25) is 29.9 Å². The number of rotatable bonds is 7. The molecule has 0 saturated carbocycles. The number of nitro benzene ring substituents is 2. The fourth-order valence-corrected chi connectivity index (χ4v) is 4.53. The van der Waals surface area contributed by atoms with Crippen LogP contribution >= 0.6 is 11.3 Å². The lowest BCUT2D eigenvalue weighted by molar-refractivity contribution is -0.385. The largest absolute Gasteiger partial charge is 0.351 e. The molecule has 12 heteroatoms. The molecule has 1 aromatic heterocycles. The number of nitrogens with one attached hydrogen (secondary N) is 1. The molecule has 2 aromatic carbocycles. The van der Waals surface area contributed by atoms with E-state index in [2.05, 4.69) is 20.1 Å². The Hall–Kier alpha value is -3.64. The monoisotopic (exact) mass is 456 g/mol. The minimum Gasteiger partial charge on any atom is -0.351 e. The minimum atomic E-state index is -0.500. The van der Waals surface area contributed by atoms with Crippen LogP contribution in [0.5, 0.6) is 0 Å². The molecule has 1 fully saturated rings. The maximum atomic E-state index is 12.2. The van der Waals surface area contributed by atoms with E-state index in [0.717, 1.165) is 41.5 Å². The van der Waals surface area contributed by atoms with E-state index in [9.17, 15) is 25.0 Å². The van der Waals surface area contributed by atoms with Crippen molar-refractivity contribution in [2.45, 2.75) is 0 Å². The van der Waals surface area contributed by atoms with Crippen LogP contribution in [0.4, 0.5) is 16.5 Å². The van der Waals surface area contributed by atoms with E-state index in [1.165, 1.54) is 41.7 Å². The van der Waals surface area contributed by atoms with E-state index >= 15 is 0 Å². The van der Waals surface area contributed by atoms with Gasteiger partial charge in [-0.05, 0) is 18.2 Å². The first kappa shape index (κ1) is 21.6. The van der Waals surface area contributed by atoms with Crippen molar-refractivity contribution in [3.8, 4) is 0 Å². The molecule has 0 unspecified atom stereocenters. The number of non-ortho nitro benzene ring substituents is 2. The average molecular weight is 456 g/mol. The van der Waals surface area contributed by atoms with Crippen LogP contribution in [0.2, 0.25) is 0 Å². The number of nitrogens with zero attached hydrogens (tertiary/aromatic N) is 5. The van der Waals surface area contributed by atoms with Gasteiger partial charge in [0.25, 0.3) is 17.3 Å². The number of hydrogen-bond acceptors (Lipinski definition) is 9. The molecule has 4 rings (SSSR count). The summed E-state index contributed by atoms with van der Waals surface area (Å²) in [6.07, 6.45) is 0. The van der Waals surface area contributed by atoms with Crippen molar-refractivity contribution in [3.63, 3.8) is 0 Å². The van der Waals surface area contributed by atoms with Gasteiger partial charge in [-0.1, -0.05) is 11.3 Å². The Kier molecular flexibility index (Phi) is 6.23. The summed E-state index contributed by atoms with van der Waals surface area (Å²) in [5.74, 6) is -0.262. The number of benzene rings is 2. The highest BCUT2D eigenvalue weighted by Gasteiger charge is 2.20. The summed E-state index contributed by atoms with van der Waals surface area (Å²) < 4.78 is 0.797. The molecular formula is C20H20N6O5S. The Bertz CT molecular complexity index is 1160. The van der Waals surface area contributed by atoms with Gasteiger partial charge in [0.15, 0.2) is 5.13 Å². The molecule has 11 nitrogen and oxygen atoms in total. The summed E-state index contributed by atoms with van der Waals surface area (Å²) in [7, 11) is 0. The zero-order valence-corrected chi connectivity index (χ0v) is 17.8. The van der Waals surface area contributed by atoms with Crippen LogP contribution in [-0.2, 0) is 0 Å². The van der Waals surface area contributed by atoms with Crippen LogP contribution in [0.3, 0.4) is 0 Å². The number of piperazine rings is 1. The first-order chi connectivity index (χ1) is 15.4. The van der Waals surface area contributed by atoms with E-state index in [4.69, 9.17) is 0 Å². The Morgan fingerprint density at radius 3 is 2.31 bits per heavy atom. The molecule has 2 heterocycles. The van der Waals surface area contributed by atoms with E-state index in [-0.39, 0.29) is 17.3 Å². The molecular weight excluding hydrogens is 436 g/mol. The van der Waals surface area contributed by atoms with E-state index in [1.54, 1.807) is 12.1 Å². The Balaban J connectivity index is 1.25. The summed E-state index contributed by atoms with van der Waals surface area (Å²) in [4.78, 5) is 42.0. The second-order valence-corrected chi connectivity index (χ2v) is 8.30. The number of carbonyl (C=O) groups excluding carboxylic acids is 1. The molecule has 166 valence electrons. The van der Waals surface area contributed by atoms with Crippen molar-refractivity contribution in [3.05, 3.63) is 68.3 Å². The fraction of sp³-hybridized carbons (Fsp3) is 0.300. The highest BCUT2D eigenvalue weighted by Crippen LogP contribution is 2.31. The number of aromatic nitrogens is 1. The first-order valence-electron chi connectivity index (χ1n) is 9.95. The number of nitro groups is 2. The van der Waals surface area contributed by atoms with Crippen LogP contribution in [-0.4, -0.2) is 64.9 Å². The SMILES string of the molecule is O=C(NCCN1CCN(c2nc3ccc([N+](=O)[O-])cc3s2)CC1)c1ccc([N+](=O)[O-])cc1. The van der Waals surface area contributed by atoms with Crippen molar-refractivity contribution in [2.75, 3.05) is 44.2 Å². The van der Waals surface area contributed by atoms with E-state index < -0.39 is 9.85 Å². The summed E-state index contributed by atoms with van der Waals surface area (Å²) in [6.45, 7) is 4.34. The molecule has 1 saturated heterocycles.